The Kier molecular flexibility index (Phi) is 4.62. The topological polar surface area (TPSA) is 55.6 Å². The Morgan fingerprint density at radius 1 is 1.57 bits per heavy atom. The van der Waals surface area contributed by atoms with Gasteiger partial charge in [-0.25, -0.2) is 0 Å². The molecular weight excluding hydrogens is 180 g/mol. The minimum atomic E-state index is -0.378. The number of carbonyl (C=O) groups excluding carboxylic acids is 1. The van der Waals surface area contributed by atoms with Gasteiger partial charge in [-0.05, 0) is 6.42 Å². The second-order valence-corrected chi connectivity index (χ2v) is 3.39. The number of morpholine rings is 1. The lowest BCUT2D eigenvalue weighted by atomic mass is 10.1. The molecule has 1 atom stereocenters. The van der Waals surface area contributed by atoms with Crippen LogP contribution in [0.3, 0.4) is 0 Å². The predicted molar refractivity (Wildman–Crippen MR) is 54.8 cm³/mol. The largest absolute Gasteiger partial charge is 0.379 e. The normalized spacial score (nSPS) is 21.2. The monoisotopic (exact) mass is 198 g/mol. The maximum atomic E-state index is 10.6. The van der Waals surface area contributed by atoms with Gasteiger partial charge in [-0.2, -0.15) is 0 Å². The molecule has 0 aromatic rings. The fourth-order valence-corrected chi connectivity index (χ4v) is 1.63. The van der Waals surface area contributed by atoms with E-state index < -0.39 is 0 Å². The van der Waals surface area contributed by atoms with E-state index in [0.717, 1.165) is 32.7 Å². The number of ether oxygens (including phenoxy) is 1. The summed E-state index contributed by atoms with van der Waals surface area (Å²) < 4.78 is 5.26. The Morgan fingerprint density at radius 3 is 2.71 bits per heavy atom. The van der Waals surface area contributed by atoms with Gasteiger partial charge in [0.25, 0.3) is 0 Å². The van der Waals surface area contributed by atoms with Crippen molar-refractivity contribution in [2.45, 2.75) is 19.4 Å². The first-order valence-electron chi connectivity index (χ1n) is 5.03. The van der Waals surface area contributed by atoms with Gasteiger partial charge in [-0.3, -0.25) is 9.69 Å². The number of hydrogen-bond donors (Lipinski definition) is 1. The minimum Gasteiger partial charge on any atom is -0.379 e. The van der Waals surface area contributed by atoms with Gasteiger partial charge in [-0.15, -0.1) is 0 Å². The minimum absolute atomic E-state index is 0.311. The molecule has 1 heterocycles. The highest BCUT2D eigenvalue weighted by Gasteiger charge is 2.16. The first-order chi connectivity index (χ1) is 6.74. The Morgan fingerprint density at radius 2 is 2.21 bits per heavy atom. The molecule has 0 aromatic carbocycles. The van der Waals surface area contributed by atoms with Crippen LogP contribution >= 0.6 is 0 Å². The second kappa shape index (κ2) is 5.78. The van der Waals surface area contributed by atoms with Crippen molar-refractivity contribution in [3.63, 3.8) is 0 Å². The van der Waals surface area contributed by atoms with Gasteiger partial charge < -0.3 is 10.5 Å². The molecule has 1 rings (SSSR count). The molecule has 4 heteroatoms. The number of nitrogens with zero attached hydrogens (tertiary/aromatic N) is 1. The van der Waals surface area contributed by atoms with E-state index >= 15 is 0 Å². The van der Waals surface area contributed by atoms with Gasteiger partial charge in [0, 0.05) is 25.2 Å². The Labute approximate surface area is 84.7 Å². The van der Waals surface area contributed by atoms with Gasteiger partial charge in [0.1, 0.15) is 0 Å². The van der Waals surface area contributed by atoms with E-state index in [-0.39, 0.29) is 5.91 Å². The first kappa shape index (κ1) is 11.2. The zero-order valence-corrected chi connectivity index (χ0v) is 8.61. The highest BCUT2D eigenvalue weighted by atomic mass is 16.5. The lowest BCUT2D eigenvalue weighted by molar-refractivity contribution is -0.113. The summed E-state index contributed by atoms with van der Waals surface area (Å²) in [7, 11) is 0. The molecule has 0 aliphatic carbocycles. The molecule has 1 amide bonds. The first-order valence-corrected chi connectivity index (χ1v) is 5.03. The van der Waals surface area contributed by atoms with Crippen molar-refractivity contribution in [2.75, 3.05) is 26.3 Å². The van der Waals surface area contributed by atoms with Crippen LogP contribution in [0.25, 0.3) is 0 Å². The average molecular weight is 198 g/mol. The summed E-state index contributed by atoms with van der Waals surface area (Å²) in [5.74, 6) is -0.378. The van der Waals surface area contributed by atoms with E-state index in [9.17, 15) is 4.79 Å². The standard InChI is InChI=1S/C10H18N2O2/c1-2-9(3-4-10(11)13)12-5-7-14-8-6-12/h3-4,9H,2,5-8H2,1H3,(H2,11,13). The number of nitrogens with two attached hydrogens (primary N) is 1. The summed E-state index contributed by atoms with van der Waals surface area (Å²) in [5.41, 5.74) is 5.06. The molecule has 0 aromatic heterocycles. The van der Waals surface area contributed by atoms with Crippen molar-refractivity contribution < 1.29 is 9.53 Å². The summed E-state index contributed by atoms with van der Waals surface area (Å²) in [5, 5.41) is 0. The fraction of sp³-hybridized carbons (Fsp3) is 0.700. The number of primary amides is 1. The third kappa shape index (κ3) is 3.47. The van der Waals surface area contributed by atoms with Crippen LogP contribution in [0.2, 0.25) is 0 Å². The zero-order valence-electron chi connectivity index (χ0n) is 8.61. The van der Waals surface area contributed by atoms with Crippen LogP contribution < -0.4 is 5.73 Å². The Bertz CT molecular complexity index is 210. The van der Waals surface area contributed by atoms with Crippen molar-refractivity contribution in [3.8, 4) is 0 Å². The number of hydrogen-bond acceptors (Lipinski definition) is 3. The summed E-state index contributed by atoms with van der Waals surface area (Å²) >= 11 is 0. The van der Waals surface area contributed by atoms with Gasteiger partial charge in [0.2, 0.25) is 5.91 Å². The maximum Gasteiger partial charge on any atom is 0.241 e. The van der Waals surface area contributed by atoms with Gasteiger partial charge in [-0.1, -0.05) is 13.0 Å². The van der Waals surface area contributed by atoms with E-state index in [1.54, 1.807) is 0 Å². The van der Waals surface area contributed by atoms with Gasteiger partial charge in [0.15, 0.2) is 0 Å². The third-order valence-electron chi connectivity index (χ3n) is 2.42. The lowest BCUT2D eigenvalue weighted by Gasteiger charge is -2.32. The molecule has 1 unspecified atom stereocenters. The van der Waals surface area contributed by atoms with Crippen LogP contribution in [-0.4, -0.2) is 43.2 Å². The molecule has 0 spiro atoms. The van der Waals surface area contributed by atoms with Gasteiger partial charge >= 0.3 is 0 Å². The van der Waals surface area contributed by atoms with Crippen LogP contribution in [0, 0.1) is 0 Å². The molecule has 1 aliphatic rings. The highest BCUT2D eigenvalue weighted by molar-refractivity contribution is 5.85. The van der Waals surface area contributed by atoms with E-state index in [2.05, 4.69) is 11.8 Å². The van der Waals surface area contributed by atoms with Crippen LogP contribution in [0.1, 0.15) is 13.3 Å². The highest BCUT2D eigenvalue weighted by Crippen LogP contribution is 2.08. The van der Waals surface area contributed by atoms with E-state index in [1.165, 1.54) is 6.08 Å². The molecule has 1 fully saturated rings. The summed E-state index contributed by atoms with van der Waals surface area (Å²) in [6.07, 6.45) is 4.32. The van der Waals surface area contributed by atoms with Crippen LogP contribution in [0.4, 0.5) is 0 Å². The maximum absolute atomic E-state index is 10.6. The van der Waals surface area contributed by atoms with Crippen molar-refractivity contribution in [1.82, 2.24) is 4.90 Å². The number of rotatable bonds is 4. The third-order valence-corrected chi connectivity index (χ3v) is 2.42. The van der Waals surface area contributed by atoms with Crippen molar-refractivity contribution >= 4 is 5.91 Å². The van der Waals surface area contributed by atoms with Crippen molar-refractivity contribution in [3.05, 3.63) is 12.2 Å². The summed E-state index contributed by atoms with van der Waals surface area (Å²) in [4.78, 5) is 12.9. The van der Waals surface area contributed by atoms with Crippen LogP contribution in [0.15, 0.2) is 12.2 Å². The molecule has 0 radical (unpaired) electrons. The Hall–Kier alpha value is -0.870. The van der Waals surface area contributed by atoms with Crippen molar-refractivity contribution in [1.29, 1.82) is 0 Å². The molecule has 4 nitrogen and oxygen atoms in total. The molecule has 14 heavy (non-hydrogen) atoms. The molecule has 80 valence electrons. The van der Waals surface area contributed by atoms with Gasteiger partial charge in [0.05, 0.1) is 13.2 Å². The predicted octanol–water partition coefficient (Wildman–Crippen LogP) is 0.139. The second-order valence-electron chi connectivity index (χ2n) is 3.39. The Balaban J connectivity index is 2.47. The average Bonchev–Trinajstić information content (AvgIpc) is 2.20. The van der Waals surface area contributed by atoms with Crippen LogP contribution in [-0.2, 0) is 9.53 Å². The van der Waals surface area contributed by atoms with Crippen molar-refractivity contribution in [2.24, 2.45) is 5.73 Å². The number of carbonyl (C=O) groups is 1. The molecule has 0 bridgehead atoms. The van der Waals surface area contributed by atoms with E-state index in [0.29, 0.717) is 6.04 Å². The lowest BCUT2D eigenvalue weighted by Crippen LogP contribution is -2.42. The number of amides is 1. The molecule has 0 saturated carbocycles. The fourth-order valence-electron chi connectivity index (χ4n) is 1.63. The molecule has 1 saturated heterocycles. The van der Waals surface area contributed by atoms with E-state index in [1.807, 2.05) is 6.08 Å². The molecule has 2 N–H and O–H groups in total. The quantitative estimate of drug-likeness (QED) is 0.654. The van der Waals surface area contributed by atoms with E-state index in [4.69, 9.17) is 10.5 Å². The zero-order chi connectivity index (χ0) is 10.4. The summed E-state index contributed by atoms with van der Waals surface area (Å²) in [6, 6.07) is 0.311. The molecule has 1 aliphatic heterocycles. The smallest absolute Gasteiger partial charge is 0.241 e. The molecular formula is C10H18N2O2. The van der Waals surface area contributed by atoms with Crippen LogP contribution in [0.5, 0.6) is 0 Å². The SMILES string of the molecule is CCC(C=CC(N)=O)N1CCOCC1. The summed E-state index contributed by atoms with van der Waals surface area (Å²) in [6.45, 7) is 5.52.